The van der Waals surface area contributed by atoms with Crippen molar-refractivity contribution in [1.82, 2.24) is 25.1 Å². The number of rotatable bonds is 13. The number of nitrogens with one attached hydrogen (secondary N) is 2. The third-order valence-electron chi connectivity index (χ3n) is 4.21. The fourth-order valence-electron chi connectivity index (χ4n) is 2.45. The molecule has 2 heterocycles. The van der Waals surface area contributed by atoms with Gasteiger partial charge in [-0.05, 0) is 27.2 Å². The number of carbonyl (C=O) groups excluding carboxylic acids is 1. The number of carbonyl (C=O) groups is 1. The van der Waals surface area contributed by atoms with Crippen LogP contribution in [0.25, 0.3) is 11.0 Å². The van der Waals surface area contributed by atoms with Crippen molar-refractivity contribution < 1.29 is 9.53 Å². The Hall–Kier alpha value is -1.58. The molecule has 10 heteroatoms. The fraction of sp³-hybridized carbons (Fsp3) is 0.684. The molecule has 2 N–H and O–H groups in total. The van der Waals surface area contributed by atoms with Gasteiger partial charge in [-0.3, -0.25) is 4.79 Å². The first-order chi connectivity index (χ1) is 13.9. The monoisotopic (exact) mass is 442 g/mol. The van der Waals surface area contributed by atoms with Gasteiger partial charge in [0, 0.05) is 31.3 Å². The Labute approximate surface area is 181 Å². The number of hydrogen-bond donors (Lipinski definition) is 2. The van der Waals surface area contributed by atoms with E-state index in [0.29, 0.717) is 38.0 Å². The van der Waals surface area contributed by atoms with Gasteiger partial charge >= 0.3 is 0 Å². The van der Waals surface area contributed by atoms with E-state index < -0.39 is 5.41 Å². The van der Waals surface area contributed by atoms with Gasteiger partial charge in [0.15, 0.2) is 10.8 Å². The molecule has 8 nitrogen and oxygen atoms in total. The van der Waals surface area contributed by atoms with Crippen LogP contribution in [-0.2, 0) is 16.1 Å². The molecule has 29 heavy (non-hydrogen) atoms. The third-order valence-corrected chi connectivity index (χ3v) is 5.93. The molecule has 0 spiro atoms. The molecular formula is C19H31ClN6O2S. The molecule has 0 aliphatic heterocycles. The molecule has 0 unspecified atom stereocenters. The van der Waals surface area contributed by atoms with E-state index in [0.717, 1.165) is 29.0 Å². The van der Waals surface area contributed by atoms with Gasteiger partial charge in [-0.25, -0.2) is 14.6 Å². The number of alkyl halides is 1. The van der Waals surface area contributed by atoms with Gasteiger partial charge in [0.05, 0.1) is 30.1 Å². The molecule has 0 saturated carbocycles. The average Bonchev–Trinajstić information content (AvgIpc) is 3.12. The van der Waals surface area contributed by atoms with E-state index in [-0.39, 0.29) is 11.8 Å². The first-order valence-electron chi connectivity index (χ1n) is 9.95. The van der Waals surface area contributed by atoms with Crippen LogP contribution in [0.4, 0.5) is 5.82 Å². The number of anilines is 1. The normalized spacial score (nSPS) is 11.8. The maximum absolute atomic E-state index is 12.2. The highest BCUT2D eigenvalue weighted by Gasteiger charge is 2.26. The average molecular weight is 443 g/mol. The quantitative estimate of drug-likeness (QED) is 0.213. The van der Waals surface area contributed by atoms with Gasteiger partial charge in [-0.1, -0.05) is 18.7 Å². The summed E-state index contributed by atoms with van der Waals surface area (Å²) in [6, 6.07) is 0. The minimum absolute atomic E-state index is 0.0731. The van der Waals surface area contributed by atoms with E-state index in [9.17, 15) is 4.79 Å². The van der Waals surface area contributed by atoms with E-state index in [1.54, 1.807) is 22.6 Å². The Morgan fingerprint density at radius 3 is 2.79 bits per heavy atom. The first-order valence-corrected chi connectivity index (χ1v) is 11.5. The molecule has 2 rings (SSSR count). The Morgan fingerprint density at radius 2 is 2.10 bits per heavy atom. The molecule has 0 aliphatic rings. The van der Waals surface area contributed by atoms with Crippen molar-refractivity contribution in [3.05, 3.63) is 6.20 Å². The molecule has 1 amide bonds. The van der Waals surface area contributed by atoms with Gasteiger partial charge in [-0.2, -0.15) is 5.10 Å². The second-order valence-electron chi connectivity index (χ2n) is 7.21. The number of halogens is 1. The summed E-state index contributed by atoms with van der Waals surface area (Å²) in [6.45, 7) is 10.7. The summed E-state index contributed by atoms with van der Waals surface area (Å²) in [5.41, 5.74) is 0.153. The van der Waals surface area contributed by atoms with Crippen LogP contribution in [-0.4, -0.2) is 63.6 Å². The number of thioether (sulfide) groups is 1. The highest BCUT2D eigenvalue weighted by atomic mass is 35.5. The molecular weight excluding hydrogens is 412 g/mol. The fourth-order valence-corrected chi connectivity index (χ4v) is 3.27. The van der Waals surface area contributed by atoms with Crippen LogP contribution in [0.15, 0.2) is 11.4 Å². The lowest BCUT2D eigenvalue weighted by atomic mass is 9.95. The van der Waals surface area contributed by atoms with Gasteiger partial charge in [0.25, 0.3) is 0 Å². The van der Waals surface area contributed by atoms with Crippen LogP contribution in [0, 0.1) is 5.41 Å². The van der Waals surface area contributed by atoms with Crippen LogP contribution in [0.3, 0.4) is 0 Å². The summed E-state index contributed by atoms with van der Waals surface area (Å²) in [7, 11) is 0. The van der Waals surface area contributed by atoms with E-state index in [2.05, 4.69) is 32.6 Å². The van der Waals surface area contributed by atoms with Crippen molar-refractivity contribution in [2.45, 2.75) is 45.8 Å². The predicted molar refractivity (Wildman–Crippen MR) is 119 cm³/mol. The van der Waals surface area contributed by atoms with Crippen LogP contribution in [0.2, 0.25) is 0 Å². The number of fused-ring (bicyclic) bond motifs is 1. The summed E-state index contributed by atoms with van der Waals surface area (Å²) < 4.78 is 7.20. The standard InChI is InChI=1S/C19H31ClN6O2S/c1-5-11-29-18-24-15(21-8-10-28-6-2)14-12-23-26(16(14)25-18)9-7-22-17(27)19(3,4)13-20/h12H,5-11,13H2,1-4H3,(H,22,27)(H,21,24,25). The summed E-state index contributed by atoms with van der Waals surface area (Å²) in [5, 5.41) is 12.3. The van der Waals surface area contributed by atoms with Crippen LogP contribution in [0.5, 0.6) is 0 Å². The highest BCUT2D eigenvalue weighted by Crippen LogP contribution is 2.24. The van der Waals surface area contributed by atoms with Crippen molar-refractivity contribution in [3.8, 4) is 0 Å². The lowest BCUT2D eigenvalue weighted by Gasteiger charge is -2.20. The molecule has 0 fully saturated rings. The van der Waals surface area contributed by atoms with Crippen molar-refractivity contribution in [2.75, 3.05) is 43.3 Å². The molecule has 0 atom stereocenters. The van der Waals surface area contributed by atoms with E-state index in [4.69, 9.17) is 16.3 Å². The van der Waals surface area contributed by atoms with Crippen molar-refractivity contribution >= 4 is 46.1 Å². The van der Waals surface area contributed by atoms with E-state index >= 15 is 0 Å². The molecule has 0 bridgehead atoms. The smallest absolute Gasteiger partial charge is 0.226 e. The highest BCUT2D eigenvalue weighted by molar-refractivity contribution is 7.99. The zero-order valence-corrected chi connectivity index (χ0v) is 19.2. The molecule has 2 aromatic heterocycles. The van der Waals surface area contributed by atoms with Gasteiger partial charge < -0.3 is 15.4 Å². The number of amides is 1. The summed E-state index contributed by atoms with van der Waals surface area (Å²) >= 11 is 7.49. The Kier molecular flexibility index (Phi) is 9.45. The van der Waals surface area contributed by atoms with Crippen molar-refractivity contribution in [1.29, 1.82) is 0 Å². The Morgan fingerprint density at radius 1 is 1.31 bits per heavy atom. The lowest BCUT2D eigenvalue weighted by Crippen LogP contribution is -2.39. The number of aromatic nitrogens is 4. The number of nitrogens with zero attached hydrogens (tertiary/aromatic N) is 4. The molecule has 0 aliphatic carbocycles. The van der Waals surface area contributed by atoms with E-state index in [1.807, 2.05) is 20.8 Å². The van der Waals surface area contributed by atoms with Crippen LogP contribution >= 0.6 is 23.4 Å². The molecule has 0 aromatic carbocycles. The minimum Gasteiger partial charge on any atom is -0.380 e. The largest absolute Gasteiger partial charge is 0.380 e. The molecule has 0 saturated heterocycles. The van der Waals surface area contributed by atoms with Gasteiger partial charge in [-0.15, -0.1) is 11.6 Å². The molecule has 0 radical (unpaired) electrons. The summed E-state index contributed by atoms with van der Waals surface area (Å²) in [6.07, 6.45) is 2.80. The first kappa shape index (κ1) is 23.7. The number of ether oxygens (including phenoxy) is 1. The van der Waals surface area contributed by atoms with Gasteiger partial charge in [0.2, 0.25) is 5.91 Å². The van der Waals surface area contributed by atoms with Crippen LogP contribution < -0.4 is 10.6 Å². The summed E-state index contributed by atoms with van der Waals surface area (Å²) in [4.78, 5) is 21.5. The minimum atomic E-state index is -0.600. The second kappa shape index (κ2) is 11.6. The molecule has 162 valence electrons. The second-order valence-corrected chi connectivity index (χ2v) is 8.53. The zero-order valence-electron chi connectivity index (χ0n) is 17.6. The number of hydrogen-bond acceptors (Lipinski definition) is 7. The summed E-state index contributed by atoms with van der Waals surface area (Å²) in [5.74, 6) is 1.90. The SMILES string of the molecule is CCCSc1nc(NCCOCC)c2cnn(CCNC(=O)C(C)(C)CCl)c2n1. The third kappa shape index (κ3) is 6.72. The maximum atomic E-state index is 12.2. The van der Waals surface area contributed by atoms with Crippen molar-refractivity contribution in [3.63, 3.8) is 0 Å². The lowest BCUT2D eigenvalue weighted by molar-refractivity contribution is -0.128. The van der Waals surface area contributed by atoms with E-state index in [1.165, 1.54) is 0 Å². The van der Waals surface area contributed by atoms with Crippen LogP contribution in [0.1, 0.15) is 34.1 Å². The topological polar surface area (TPSA) is 94.0 Å². The maximum Gasteiger partial charge on any atom is 0.226 e. The van der Waals surface area contributed by atoms with Crippen molar-refractivity contribution in [2.24, 2.45) is 5.41 Å². The molecule has 2 aromatic rings. The Balaban J connectivity index is 2.15. The van der Waals surface area contributed by atoms with Gasteiger partial charge in [0.1, 0.15) is 5.82 Å². The Bertz CT molecular complexity index is 798. The predicted octanol–water partition coefficient (Wildman–Crippen LogP) is 3.16. The zero-order chi connectivity index (χ0) is 21.3.